The van der Waals surface area contributed by atoms with Crippen LogP contribution in [0.25, 0.3) is 0 Å². The maximum absolute atomic E-state index is 6.36. The van der Waals surface area contributed by atoms with Gasteiger partial charge in [-0.1, -0.05) is 35.9 Å². The minimum atomic E-state index is 0.133. The van der Waals surface area contributed by atoms with Crippen molar-refractivity contribution < 1.29 is 0 Å². The Morgan fingerprint density at radius 2 is 1.95 bits per heavy atom. The fourth-order valence-corrected chi connectivity index (χ4v) is 3.72. The number of thiophene rings is 1. The minimum Gasteiger partial charge on any atom is -0.326 e. The first-order valence-electron chi connectivity index (χ1n) is 7.75. The number of nitrogens with zero attached hydrogens (tertiary/aromatic N) is 1. The van der Waals surface area contributed by atoms with E-state index in [1.807, 2.05) is 11.3 Å². The fourth-order valence-electron chi connectivity index (χ4n) is 3.00. The van der Waals surface area contributed by atoms with E-state index in [1.54, 1.807) is 0 Å². The summed E-state index contributed by atoms with van der Waals surface area (Å²) in [6.45, 7) is 5.28. The Hall–Kier alpha value is -1.16. The van der Waals surface area contributed by atoms with E-state index < -0.39 is 0 Å². The summed E-state index contributed by atoms with van der Waals surface area (Å²) in [5, 5.41) is 2.16. The smallest absolute Gasteiger partial charge is 0.0503 e. The zero-order valence-corrected chi connectivity index (χ0v) is 13.6. The molecule has 112 valence electrons. The number of rotatable bonds is 6. The molecule has 2 unspecified atom stereocenters. The van der Waals surface area contributed by atoms with Crippen LogP contribution in [0.1, 0.15) is 41.8 Å². The highest BCUT2D eigenvalue weighted by atomic mass is 32.1. The lowest BCUT2D eigenvalue weighted by molar-refractivity contribution is 0.159. The Kier molecular flexibility index (Phi) is 4.43. The summed E-state index contributed by atoms with van der Waals surface area (Å²) in [5.74, 6) is 0. The van der Waals surface area contributed by atoms with Gasteiger partial charge in [-0.2, -0.15) is 0 Å². The summed E-state index contributed by atoms with van der Waals surface area (Å²) < 4.78 is 0. The first-order chi connectivity index (χ1) is 10.1. The van der Waals surface area contributed by atoms with E-state index in [0.717, 1.165) is 6.54 Å². The van der Waals surface area contributed by atoms with Gasteiger partial charge in [0.15, 0.2) is 0 Å². The van der Waals surface area contributed by atoms with Crippen molar-refractivity contribution in [2.24, 2.45) is 5.73 Å². The Morgan fingerprint density at radius 3 is 2.48 bits per heavy atom. The second kappa shape index (κ2) is 6.30. The van der Waals surface area contributed by atoms with Crippen LogP contribution < -0.4 is 5.73 Å². The molecule has 0 aliphatic heterocycles. The fraction of sp³-hybridized carbons (Fsp3) is 0.444. The quantitative estimate of drug-likeness (QED) is 0.870. The third-order valence-corrected chi connectivity index (χ3v) is 5.07. The van der Waals surface area contributed by atoms with Gasteiger partial charge in [-0.3, -0.25) is 4.90 Å². The van der Waals surface area contributed by atoms with Crippen molar-refractivity contribution in [3.8, 4) is 0 Å². The molecule has 0 spiro atoms. The van der Waals surface area contributed by atoms with Crippen LogP contribution >= 0.6 is 11.3 Å². The molecule has 0 saturated heterocycles. The van der Waals surface area contributed by atoms with Gasteiger partial charge in [0.1, 0.15) is 0 Å². The molecule has 1 fully saturated rings. The molecule has 1 aromatic heterocycles. The first-order valence-corrected chi connectivity index (χ1v) is 8.63. The molecule has 0 amide bonds. The van der Waals surface area contributed by atoms with Crippen LogP contribution in [0.4, 0.5) is 0 Å². The molecule has 0 bridgehead atoms. The standard InChI is InChI=1S/C18H24N2S/c1-13-5-7-15(8-6-13)18(14(2)19)20(16-9-10-16)12-17-4-3-11-21-17/h3-8,11,14,16,18H,9-10,12,19H2,1-2H3. The molecule has 3 rings (SSSR count). The normalized spacial score (nSPS) is 17.9. The average Bonchev–Trinajstić information content (AvgIpc) is 3.18. The van der Waals surface area contributed by atoms with Gasteiger partial charge in [0.25, 0.3) is 0 Å². The third-order valence-electron chi connectivity index (χ3n) is 4.21. The summed E-state index contributed by atoms with van der Waals surface area (Å²) in [4.78, 5) is 4.04. The van der Waals surface area contributed by atoms with E-state index in [-0.39, 0.29) is 6.04 Å². The summed E-state index contributed by atoms with van der Waals surface area (Å²) in [7, 11) is 0. The molecule has 2 atom stereocenters. The third kappa shape index (κ3) is 3.54. The van der Waals surface area contributed by atoms with Crippen LogP contribution in [-0.2, 0) is 6.54 Å². The predicted octanol–water partition coefficient (Wildman–Crippen LogP) is 4.11. The van der Waals surface area contributed by atoms with Gasteiger partial charge < -0.3 is 5.73 Å². The molecule has 1 aliphatic carbocycles. The highest BCUT2D eigenvalue weighted by Crippen LogP contribution is 2.37. The van der Waals surface area contributed by atoms with Gasteiger partial charge in [-0.15, -0.1) is 11.3 Å². The predicted molar refractivity (Wildman–Crippen MR) is 90.5 cm³/mol. The number of hydrogen-bond donors (Lipinski definition) is 1. The van der Waals surface area contributed by atoms with E-state index in [1.165, 1.54) is 28.8 Å². The molecule has 21 heavy (non-hydrogen) atoms. The maximum atomic E-state index is 6.36. The van der Waals surface area contributed by atoms with E-state index in [9.17, 15) is 0 Å². The van der Waals surface area contributed by atoms with Gasteiger partial charge >= 0.3 is 0 Å². The lowest BCUT2D eigenvalue weighted by atomic mass is 9.97. The van der Waals surface area contributed by atoms with Gasteiger partial charge in [-0.05, 0) is 43.7 Å². The number of aryl methyl sites for hydroxylation is 1. The van der Waals surface area contributed by atoms with Crippen molar-refractivity contribution in [3.05, 3.63) is 57.8 Å². The topological polar surface area (TPSA) is 29.3 Å². The highest BCUT2D eigenvalue weighted by Gasteiger charge is 2.36. The Labute approximate surface area is 131 Å². The van der Waals surface area contributed by atoms with Crippen molar-refractivity contribution in [3.63, 3.8) is 0 Å². The molecule has 1 saturated carbocycles. The monoisotopic (exact) mass is 300 g/mol. The zero-order valence-electron chi connectivity index (χ0n) is 12.8. The maximum Gasteiger partial charge on any atom is 0.0503 e. The second-order valence-electron chi connectivity index (χ2n) is 6.20. The zero-order chi connectivity index (χ0) is 14.8. The lowest BCUT2D eigenvalue weighted by Gasteiger charge is -2.34. The summed E-state index contributed by atoms with van der Waals surface area (Å²) in [5.41, 5.74) is 9.01. The molecule has 0 radical (unpaired) electrons. The average molecular weight is 300 g/mol. The molecule has 1 aromatic carbocycles. The lowest BCUT2D eigenvalue weighted by Crippen LogP contribution is -2.40. The minimum absolute atomic E-state index is 0.133. The van der Waals surface area contributed by atoms with Crippen LogP contribution in [0.2, 0.25) is 0 Å². The molecule has 2 aromatic rings. The number of benzene rings is 1. The van der Waals surface area contributed by atoms with E-state index in [4.69, 9.17) is 5.73 Å². The molecule has 2 nitrogen and oxygen atoms in total. The number of nitrogens with two attached hydrogens (primary N) is 1. The van der Waals surface area contributed by atoms with Crippen molar-refractivity contribution >= 4 is 11.3 Å². The molecule has 1 heterocycles. The van der Waals surface area contributed by atoms with Crippen LogP contribution in [0, 0.1) is 6.92 Å². The van der Waals surface area contributed by atoms with Crippen LogP contribution in [0.3, 0.4) is 0 Å². The molecular weight excluding hydrogens is 276 g/mol. The van der Waals surface area contributed by atoms with E-state index in [2.05, 4.69) is 60.5 Å². The Bertz CT molecular complexity index is 555. The summed E-state index contributed by atoms with van der Waals surface area (Å²) in [6.07, 6.45) is 2.61. The van der Waals surface area contributed by atoms with E-state index in [0.29, 0.717) is 12.1 Å². The second-order valence-corrected chi connectivity index (χ2v) is 7.23. The van der Waals surface area contributed by atoms with Crippen LogP contribution in [0.5, 0.6) is 0 Å². The SMILES string of the molecule is Cc1ccc(C(C(C)N)N(Cc2cccs2)C2CC2)cc1. The van der Waals surface area contributed by atoms with E-state index >= 15 is 0 Å². The van der Waals surface area contributed by atoms with Crippen molar-refractivity contribution in [1.82, 2.24) is 4.90 Å². The summed E-state index contributed by atoms with van der Waals surface area (Å²) >= 11 is 1.84. The van der Waals surface area contributed by atoms with Crippen LogP contribution in [0.15, 0.2) is 41.8 Å². The van der Waals surface area contributed by atoms with Crippen molar-refractivity contribution in [1.29, 1.82) is 0 Å². The molecule has 3 heteroatoms. The first kappa shape index (κ1) is 14.8. The van der Waals surface area contributed by atoms with Crippen molar-refractivity contribution in [2.75, 3.05) is 0 Å². The Balaban J connectivity index is 1.87. The molecular formula is C18H24N2S. The largest absolute Gasteiger partial charge is 0.326 e. The van der Waals surface area contributed by atoms with Gasteiger partial charge in [0.2, 0.25) is 0 Å². The van der Waals surface area contributed by atoms with Crippen molar-refractivity contribution in [2.45, 2.75) is 51.4 Å². The van der Waals surface area contributed by atoms with Crippen LogP contribution in [-0.4, -0.2) is 17.0 Å². The van der Waals surface area contributed by atoms with Gasteiger partial charge in [0, 0.05) is 23.5 Å². The molecule has 2 N–H and O–H groups in total. The molecule has 1 aliphatic rings. The Morgan fingerprint density at radius 1 is 1.24 bits per heavy atom. The van der Waals surface area contributed by atoms with Gasteiger partial charge in [0.05, 0.1) is 6.04 Å². The van der Waals surface area contributed by atoms with Gasteiger partial charge in [-0.25, -0.2) is 0 Å². The number of hydrogen-bond acceptors (Lipinski definition) is 3. The highest BCUT2D eigenvalue weighted by molar-refractivity contribution is 7.09. The summed E-state index contributed by atoms with van der Waals surface area (Å²) in [6, 6.07) is 14.4.